The number of anilines is 1. The fourth-order valence-electron chi connectivity index (χ4n) is 2.11. The van der Waals surface area contributed by atoms with Gasteiger partial charge in [0.25, 0.3) is 0 Å². The first-order chi connectivity index (χ1) is 8.49. The average molecular weight is 268 g/mol. The minimum atomic E-state index is 0.241. The van der Waals surface area contributed by atoms with Gasteiger partial charge in [-0.2, -0.15) is 15.1 Å². The number of aromatic nitrogens is 4. The third-order valence-corrected chi connectivity index (χ3v) is 3.24. The predicted molar refractivity (Wildman–Crippen MR) is 74.0 cm³/mol. The molecule has 2 heterocycles. The molecule has 0 saturated heterocycles. The SMILES string of the molecule is CC(C)CC(C)N(C)c1nc(Cl)nc2[nH]ncc12. The van der Waals surface area contributed by atoms with Crippen LogP contribution in [-0.2, 0) is 0 Å². The highest BCUT2D eigenvalue weighted by molar-refractivity contribution is 6.28. The number of hydrogen-bond acceptors (Lipinski definition) is 4. The maximum absolute atomic E-state index is 5.94. The summed E-state index contributed by atoms with van der Waals surface area (Å²) >= 11 is 5.94. The van der Waals surface area contributed by atoms with Crippen LogP contribution in [0.5, 0.6) is 0 Å². The fourth-order valence-corrected chi connectivity index (χ4v) is 2.28. The first kappa shape index (κ1) is 13.1. The molecule has 2 aromatic rings. The van der Waals surface area contributed by atoms with Crippen molar-refractivity contribution >= 4 is 28.5 Å². The molecule has 0 spiro atoms. The van der Waals surface area contributed by atoms with Gasteiger partial charge in [-0.05, 0) is 30.9 Å². The van der Waals surface area contributed by atoms with Crippen LogP contribution in [0.2, 0.25) is 5.28 Å². The number of fused-ring (bicyclic) bond motifs is 1. The maximum atomic E-state index is 5.94. The number of nitrogens with zero attached hydrogens (tertiary/aromatic N) is 4. The van der Waals surface area contributed by atoms with Crippen LogP contribution in [0.15, 0.2) is 6.20 Å². The molecule has 2 rings (SSSR count). The van der Waals surface area contributed by atoms with Crippen molar-refractivity contribution < 1.29 is 0 Å². The first-order valence-corrected chi connectivity index (χ1v) is 6.46. The van der Waals surface area contributed by atoms with Gasteiger partial charge < -0.3 is 4.90 Å². The summed E-state index contributed by atoms with van der Waals surface area (Å²) in [5.41, 5.74) is 0.675. The minimum Gasteiger partial charge on any atom is -0.356 e. The zero-order valence-electron chi connectivity index (χ0n) is 11.1. The van der Waals surface area contributed by atoms with Crippen molar-refractivity contribution in [1.82, 2.24) is 20.2 Å². The molecule has 0 bridgehead atoms. The average Bonchev–Trinajstić information content (AvgIpc) is 2.73. The van der Waals surface area contributed by atoms with Crippen molar-refractivity contribution in [3.63, 3.8) is 0 Å². The van der Waals surface area contributed by atoms with Crippen molar-refractivity contribution in [2.24, 2.45) is 5.92 Å². The molecule has 1 N–H and O–H groups in total. The Morgan fingerprint density at radius 2 is 2.06 bits per heavy atom. The molecule has 0 fully saturated rings. The van der Waals surface area contributed by atoms with E-state index >= 15 is 0 Å². The van der Waals surface area contributed by atoms with E-state index < -0.39 is 0 Å². The summed E-state index contributed by atoms with van der Waals surface area (Å²) in [7, 11) is 2.03. The second-order valence-electron chi connectivity index (χ2n) is 5.04. The van der Waals surface area contributed by atoms with Crippen LogP contribution in [0.25, 0.3) is 11.0 Å². The lowest BCUT2D eigenvalue weighted by molar-refractivity contribution is 0.502. The van der Waals surface area contributed by atoms with E-state index in [2.05, 4.69) is 45.8 Å². The molecule has 0 aliphatic heterocycles. The van der Waals surface area contributed by atoms with Gasteiger partial charge in [-0.15, -0.1) is 0 Å². The molecule has 0 radical (unpaired) electrons. The van der Waals surface area contributed by atoms with Gasteiger partial charge >= 0.3 is 0 Å². The number of aromatic amines is 1. The van der Waals surface area contributed by atoms with Crippen LogP contribution in [0, 0.1) is 5.92 Å². The van der Waals surface area contributed by atoms with Crippen LogP contribution >= 0.6 is 11.6 Å². The van der Waals surface area contributed by atoms with Crippen molar-refractivity contribution in [2.45, 2.75) is 33.2 Å². The van der Waals surface area contributed by atoms with Crippen molar-refractivity contribution in [3.05, 3.63) is 11.5 Å². The topological polar surface area (TPSA) is 57.7 Å². The van der Waals surface area contributed by atoms with E-state index in [1.807, 2.05) is 7.05 Å². The second-order valence-corrected chi connectivity index (χ2v) is 5.38. The van der Waals surface area contributed by atoms with Crippen LogP contribution in [-0.4, -0.2) is 33.3 Å². The smallest absolute Gasteiger partial charge is 0.226 e. The summed E-state index contributed by atoms with van der Waals surface area (Å²) in [6.07, 6.45) is 2.83. The Kier molecular flexibility index (Phi) is 3.71. The lowest BCUT2D eigenvalue weighted by Gasteiger charge is -2.27. The van der Waals surface area contributed by atoms with Crippen molar-refractivity contribution in [2.75, 3.05) is 11.9 Å². The van der Waals surface area contributed by atoms with E-state index in [1.54, 1.807) is 6.20 Å². The molecule has 1 atom stereocenters. The van der Waals surface area contributed by atoms with Gasteiger partial charge in [-0.1, -0.05) is 13.8 Å². The predicted octanol–water partition coefficient (Wildman–Crippen LogP) is 2.88. The molecule has 18 heavy (non-hydrogen) atoms. The molecule has 0 aromatic carbocycles. The molecule has 6 heteroatoms. The van der Waals surface area contributed by atoms with Gasteiger partial charge in [0.1, 0.15) is 5.82 Å². The molecule has 98 valence electrons. The third kappa shape index (κ3) is 2.56. The van der Waals surface area contributed by atoms with Gasteiger partial charge in [0.15, 0.2) is 5.65 Å². The van der Waals surface area contributed by atoms with E-state index in [0.717, 1.165) is 17.6 Å². The summed E-state index contributed by atoms with van der Waals surface area (Å²) < 4.78 is 0. The van der Waals surface area contributed by atoms with Gasteiger partial charge in [-0.3, -0.25) is 5.10 Å². The van der Waals surface area contributed by atoms with Gasteiger partial charge in [0.2, 0.25) is 5.28 Å². The maximum Gasteiger partial charge on any atom is 0.226 e. The second kappa shape index (κ2) is 5.10. The number of rotatable bonds is 4. The molecule has 0 aliphatic carbocycles. The fraction of sp³-hybridized carbons (Fsp3) is 0.583. The lowest BCUT2D eigenvalue weighted by Crippen LogP contribution is -2.31. The Hall–Kier alpha value is -1.36. The van der Waals surface area contributed by atoms with Gasteiger partial charge in [0.05, 0.1) is 11.6 Å². The highest BCUT2D eigenvalue weighted by Crippen LogP contribution is 2.25. The molecule has 2 aromatic heterocycles. The number of nitrogens with one attached hydrogen (secondary N) is 1. The lowest BCUT2D eigenvalue weighted by atomic mass is 10.0. The van der Waals surface area contributed by atoms with E-state index in [4.69, 9.17) is 11.6 Å². The molecule has 0 saturated carbocycles. The zero-order chi connectivity index (χ0) is 13.3. The number of hydrogen-bond donors (Lipinski definition) is 1. The third-order valence-electron chi connectivity index (χ3n) is 3.07. The van der Waals surface area contributed by atoms with Gasteiger partial charge in [-0.25, -0.2) is 0 Å². The molecule has 5 nitrogen and oxygen atoms in total. The minimum absolute atomic E-state index is 0.241. The van der Waals surface area contributed by atoms with Crippen molar-refractivity contribution in [1.29, 1.82) is 0 Å². The molecule has 0 amide bonds. The van der Waals surface area contributed by atoms with E-state index in [1.165, 1.54) is 0 Å². The Bertz CT molecular complexity index is 536. The molecule has 1 unspecified atom stereocenters. The van der Waals surface area contributed by atoms with Crippen LogP contribution < -0.4 is 4.90 Å². The van der Waals surface area contributed by atoms with E-state index in [0.29, 0.717) is 17.6 Å². The molecular weight excluding hydrogens is 250 g/mol. The standard InChI is InChI=1S/C12H18ClN5/c1-7(2)5-8(3)18(4)11-9-6-14-17-10(9)15-12(13)16-11/h6-8H,5H2,1-4H3,(H,14,15,16,17). The Labute approximate surface area is 112 Å². The van der Waals surface area contributed by atoms with Crippen LogP contribution in [0.1, 0.15) is 27.2 Å². The van der Waals surface area contributed by atoms with Crippen LogP contribution in [0.4, 0.5) is 5.82 Å². The van der Waals surface area contributed by atoms with Crippen molar-refractivity contribution in [3.8, 4) is 0 Å². The zero-order valence-corrected chi connectivity index (χ0v) is 11.9. The quantitative estimate of drug-likeness (QED) is 0.866. The normalized spacial score (nSPS) is 13.2. The summed E-state index contributed by atoms with van der Waals surface area (Å²) in [5, 5.41) is 7.96. The van der Waals surface area contributed by atoms with E-state index in [9.17, 15) is 0 Å². The largest absolute Gasteiger partial charge is 0.356 e. The van der Waals surface area contributed by atoms with E-state index in [-0.39, 0.29) is 5.28 Å². The summed E-state index contributed by atoms with van der Waals surface area (Å²) in [6.45, 7) is 6.61. The summed E-state index contributed by atoms with van der Waals surface area (Å²) in [4.78, 5) is 10.6. The number of halogens is 1. The van der Waals surface area contributed by atoms with Gasteiger partial charge in [0, 0.05) is 13.1 Å². The Morgan fingerprint density at radius 1 is 1.33 bits per heavy atom. The number of H-pyrrole nitrogens is 1. The molecular formula is C12H18ClN5. The molecule has 0 aliphatic rings. The monoisotopic (exact) mass is 267 g/mol. The Balaban J connectivity index is 2.37. The highest BCUT2D eigenvalue weighted by Gasteiger charge is 2.17. The Morgan fingerprint density at radius 3 is 2.72 bits per heavy atom. The first-order valence-electron chi connectivity index (χ1n) is 6.08. The highest BCUT2D eigenvalue weighted by atomic mass is 35.5. The summed E-state index contributed by atoms with van der Waals surface area (Å²) in [6, 6.07) is 0.383. The van der Waals surface area contributed by atoms with Crippen LogP contribution in [0.3, 0.4) is 0 Å². The summed E-state index contributed by atoms with van der Waals surface area (Å²) in [5.74, 6) is 1.46.